The van der Waals surface area contributed by atoms with Crippen molar-refractivity contribution in [3.05, 3.63) is 87.9 Å². The SMILES string of the molecule is COc1cc(CNCCCc2nc3ccccc3[nH]2)cc(Br)c1OCc1ccc(F)cc1. The molecule has 5 nitrogen and oxygen atoms in total. The summed E-state index contributed by atoms with van der Waals surface area (Å²) in [7, 11) is 1.62. The van der Waals surface area contributed by atoms with Crippen LogP contribution in [0.25, 0.3) is 11.0 Å². The van der Waals surface area contributed by atoms with E-state index in [2.05, 4.69) is 31.2 Å². The van der Waals surface area contributed by atoms with E-state index in [9.17, 15) is 4.39 Å². The second-order valence-corrected chi connectivity index (χ2v) is 8.36. The van der Waals surface area contributed by atoms with Crippen LogP contribution in [0.1, 0.15) is 23.4 Å². The fourth-order valence-electron chi connectivity index (χ4n) is 3.49. The number of aryl methyl sites for hydroxylation is 1. The molecule has 0 amide bonds. The maximum absolute atomic E-state index is 13.1. The smallest absolute Gasteiger partial charge is 0.175 e. The molecule has 4 rings (SSSR count). The number of aromatic amines is 1. The van der Waals surface area contributed by atoms with Crippen LogP contribution in [-0.4, -0.2) is 23.6 Å². The summed E-state index contributed by atoms with van der Waals surface area (Å²) in [6.45, 7) is 1.92. The number of fused-ring (bicyclic) bond motifs is 1. The number of hydrogen-bond acceptors (Lipinski definition) is 4. The van der Waals surface area contributed by atoms with Crippen LogP contribution in [0, 0.1) is 5.82 Å². The number of ether oxygens (including phenoxy) is 2. The molecule has 4 aromatic rings. The van der Waals surface area contributed by atoms with E-state index < -0.39 is 0 Å². The van der Waals surface area contributed by atoms with Crippen molar-refractivity contribution >= 4 is 27.0 Å². The van der Waals surface area contributed by atoms with E-state index in [1.165, 1.54) is 12.1 Å². The van der Waals surface area contributed by atoms with Gasteiger partial charge in [0.15, 0.2) is 11.5 Å². The normalized spacial score (nSPS) is 11.1. The molecule has 32 heavy (non-hydrogen) atoms. The van der Waals surface area contributed by atoms with Gasteiger partial charge in [0.2, 0.25) is 0 Å². The molecule has 0 aliphatic carbocycles. The number of benzene rings is 3. The molecule has 0 atom stereocenters. The van der Waals surface area contributed by atoms with Gasteiger partial charge in [0.1, 0.15) is 18.2 Å². The fraction of sp³-hybridized carbons (Fsp3) is 0.240. The van der Waals surface area contributed by atoms with Gasteiger partial charge in [0, 0.05) is 13.0 Å². The van der Waals surface area contributed by atoms with E-state index in [1.54, 1.807) is 19.2 Å². The Hall–Kier alpha value is -2.90. The summed E-state index contributed by atoms with van der Waals surface area (Å²) >= 11 is 3.59. The van der Waals surface area contributed by atoms with E-state index in [-0.39, 0.29) is 5.82 Å². The number of hydrogen-bond donors (Lipinski definition) is 2. The maximum atomic E-state index is 13.1. The van der Waals surface area contributed by atoms with Crippen LogP contribution in [0.4, 0.5) is 4.39 Å². The number of para-hydroxylation sites is 2. The zero-order chi connectivity index (χ0) is 22.3. The molecule has 0 fully saturated rings. The Morgan fingerprint density at radius 2 is 1.88 bits per heavy atom. The first-order valence-corrected chi connectivity index (χ1v) is 11.3. The first kappa shape index (κ1) is 22.3. The molecule has 0 radical (unpaired) electrons. The summed E-state index contributed by atoms with van der Waals surface area (Å²) < 4.78 is 25.4. The van der Waals surface area contributed by atoms with Crippen molar-refractivity contribution in [1.82, 2.24) is 15.3 Å². The Labute approximate surface area is 195 Å². The number of nitrogens with one attached hydrogen (secondary N) is 2. The van der Waals surface area contributed by atoms with Crippen molar-refractivity contribution in [3.8, 4) is 11.5 Å². The van der Waals surface area contributed by atoms with Gasteiger partial charge < -0.3 is 19.8 Å². The Kier molecular flexibility index (Phi) is 7.39. The maximum Gasteiger partial charge on any atom is 0.175 e. The van der Waals surface area contributed by atoms with Gasteiger partial charge in [0.05, 0.1) is 22.6 Å². The number of aromatic nitrogens is 2. The second kappa shape index (κ2) is 10.6. The molecule has 0 aliphatic rings. The van der Waals surface area contributed by atoms with Crippen LogP contribution in [0.5, 0.6) is 11.5 Å². The minimum absolute atomic E-state index is 0.262. The van der Waals surface area contributed by atoms with E-state index in [0.717, 1.165) is 51.8 Å². The molecular formula is C25H25BrFN3O2. The highest BCUT2D eigenvalue weighted by Gasteiger charge is 2.12. The fourth-order valence-corrected chi connectivity index (χ4v) is 4.09. The summed E-state index contributed by atoms with van der Waals surface area (Å²) in [5, 5.41) is 3.47. The molecule has 1 heterocycles. The van der Waals surface area contributed by atoms with Crippen molar-refractivity contribution < 1.29 is 13.9 Å². The van der Waals surface area contributed by atoms with Crippen LogP contribution in [0.15, 0.2) is 65.1 Å². The van der Waals surface area contributed by atoms with Gasteiger partial charge in [-0.15, -0.1) is 0 Å². The number of nitrogens with zero attached hydrogens (tertiary/aromatic N) is 1. The molecule has 0 spiro atoms. The first-order valence-electron chi connectivity index (χ1n) is 10.5. The standard InChI is InChI=1S/C25H25BrFN3O2/c1-31-23-14-18(13-20(26)25(23)32-16-17-8-10-19(27)11-9-17)15-28-12-4-7-24-29-21-5-2-3-6-22(21)30-24/h2-3,5-6,8-11,13-14,28H,4,7,12,15-16H2,1H3,(H,29,30). The third-order valence-corrected chi connectivity index (χ3v) is 5.71. The molecule has 3 aromatic carbocycles. The summed E-state index contributed by atoms with van der Waals surface area (Å²) in [5.41, 5.74) is 4.06. The van der Waals surface area contributed by atoms with Crippen LogP contribution in [-0.2, 0) is 19.6 Å². The van der Waals surface area contributed by atoms with Crippen molar-refractivity contribution in [1.29, 1.82) is 0 Å². The minimum atomic E-state index is -0.262. The molecule has 0 saturated heterocycles. The Bertz CT molecular complexity index is 1140. The molecule has 0 bridgehead atoms. The lowest BCUT2D eigenvalue weighted by Gasteiger charge is -2.15. The molecule has 7 heteroatoms. The summed E-state index contributed by atoms with van der Waals surface area (Å²) in [6, 6.07) is 18.3. The molecule has 0 saturated carbocycles. The highest BCUT2D eigenvalue weighted by Crippen LogP contribution is 2.37. The molecule has 2 N–H and O–H groups in total. The third-order valence-electron chi connectivity index (χ3n) is 5.12. The van der Waals surface area contributed by atoms with E-state index >= 15 is 0 Å². The lowest BCUT2D eigenvalue weighted by molar-refractivity contribution is 0.282. The Balaban J connectivity index is 1.28. The van der Waals surface area contributed by atoms with Gasteiger partial charge in [-0.05, 0) is 76.4 Å². The van der Waals surface area contributed by atoms with Crippen LogP contribution in [0.3, 0.4) is 0 Å². The zero-order valence-electron chi connectivity index (χ0n) is 17.8. The number of rotatable bonds is 10. The van der Waals surface area contributed by atoms with Crippen molar-refractivity contribution in [2.45, 2.75) is 26.0 Å². The second-order valence-electron chi connectivity index (χ2n) is 7.51. The number of halogens is 2. The zero-order valence-corrected chi connectivity index (χ0v) is 19.4. The third kappa shape index (κ3) is 5.66. The number of imidazole rings is 1. The van der Waals surface area contributed by atoms with Crippen molar-refractivity contribution in [3.63, 3.8) is 0 Å². The lowest BCUT2D eigenvalue weighted by Crippen LogP contribution is -2.15. The van der Waals surface area contributed by atoms with Gasteiger partial charge in [-0.3, -0.25) is 0 Å². The number of methoxy groups -OCH3 is 1. The van der Waals surface area contributed by atoms with Crippen molar-refractivity contribution in [2.24, 2.45) is 0 Å². The van der Waals surface area contributed by atoms with Gasteiger partial charge >= 0.3 is 0 Å². The molecule has 0 unspecified atom stereocenters. The van der Waals surface area contributed by atoms with Crippen molar-refractivity contribution in [2.75, 3.05) is 13.7 Å². The Morgan fingerprint density at radius 1 is 1.06 bits per heavy atom. The average molecular weight is 498 g/mol. The monoisotopic (exact) mass is 497 g/mol. The van der Waals surface area contributed by atoms with E-state index in [4.69, 9.17) is 9.47 Å². The predicted octanol–water partition coefficient (Wildman–Crippen LogP) is 5.77. The topological polar surface area (TPSA) is 59.2 Å². The lowest BCUT2D eigenvalue weighted by atomic mass is 10.2. The van der Waals surface area contributed by atoms with Gasteiger partial charge in [-0.2, -0.15) is 0 Å². The summed E-state index contributed by atoms with van der Waals surface area (Å²) in [5.74, 6) is 2.04. The largest absolute Gasteiger partial charge is 0.493 e. The van der Waals surface area contributed by atoms with Crippen LogP contribution < -0.4 is 14.8 Å². The van der Waals surface area contributed by atoms with Gasteiger partial charge in [-0.1, -0.05) is 24.3 Å². The van der Waals surface area contributed by atoms with Crippen LogP contribution >= 0.6 is 15.9 Å². The minimum Gasteiger partial charge on any atom is -0.493 e. The predicted molar refractivity (Wildman–Crippen MR) is 128 cm³/mol. The molecule has 0 aliphatic heterocycles. The quantitative estimate of drug-likeness (QED) is 0.273. The van der Waals surface area contributed by atoms with Gasteiger partial charge in [-0.25, -0.2) is 9.37 Å². The molecule has 1 aromatic heterocycles. The highest BCUT2D eigenvalue weighted by atomic mass is 79.9. The summed E-state index contributed by atoms with van der Waals surface area (Å²) in [4.78, 5) is 7.98. The molecular weight excluding hydrogens is 473 g/mol. The first-order chi connectivity index (χ1) is 15.6. The molecule has 166 valence electrons. The summed E-state index contributed by atoms with van der Waals surface area (Å²) in [6.07, 6.45) is 1.88. The van der Waals surface area contributed by atoms with Gasteiger partial charge in [0.25, 0.3) is 0 Å². The Morgan fingerprint density at radius 3 is 2.66 bits per heavy atom. The average Bonchev–Trinajstić information content (AvgIpc) is 3.22. The highest BCUT2D eigenvalue weighted by molar-refractivity contribution is 9.10. The van der Waals surface area contributed by atoms with Crippen LogP contribution in [0.2, 0.25) is 0 Å². The number of H-pyrrole nitrogens is 1. The van der Waals surface area contributed by atoms with E-state index in [1.807, 2.05) is 36.4 Å². The van der Waals surface area contributed by atoms with E-state index in [0.29, 0.717) is 24.7 Å².